The molecule has 1 saturated carbocycles. The minimum atomic E-state index is -3.99. The van der Waals surface area contributed by atoms with Crippen LogP contribution in [0.5, 0.6) is 0 Å². The summed E-state index contributed by atoms with van der Waals surface area (Å²) in [6, 6.07) is 2.51. The molecule has 0 saturated heterocycles. The largest absolute Gasteiger partial charge is 0.399 e. The number of nitrogens with one attached hydrogen (secondary N) is 1. The Morgan fingerprint density at radius 2 is 2.00 bits per heavy atom. The molecule has 0 atom stereocenters. The number of aliphatic hydroxyl groups excluding tert-OH is 1. The van der Waals surface area contributed by atoms with Gasteiger partial charge < -0.3 is 10.8 Å². The van der Waals surface area contributed by atoms with E-state index in [1.165, 1.54) is 13.0 Å². The van der Waals surface area contributed by atoms with Gasteiger partial charge in [0.1, 0.15) is 10.7 Å². The summed E-state index contributed by atoms with van der Waals surface area (Å²) < 4.78 is 41.0. The van der Waals surface area contributed by atoms with Gasteiger partial charge in [0.2, 0.25) is 10.0 Å². The van der Waals surface area contributed by atoms with Gasteiger partial charge in [0.15, 0.2) is 0 Å². The normalized spacial score (nSPS) is 18.0. The van der Waals surface area contributed by atoms with E-state index in [4.69, 9.17) is 5.73 Å². The molecule has 1 aliphatic carbocycles. The molecule has 0 amide bonds. The van der Waals surface area contributed by atoms with E-state index >= 15 is 0 Å². The van der Waals surface area contributed by atoms with Crippen molar-refractivity contribution in [2.24, 2.45) is 5.41 Å². The summed E-state index contributed by atoms with van der Waals surface area (Å²) in [5.74, 6) is -0.791. The summed E-state index contributed by atoms with van der Waals surface area (Å²) in [6.07, 6.45) is 3.47. The van der Waals surface area contributed by atoms with Crippen molar-refractivity contribution in [2.45, 2.75) is 37.5 Å². The summed E-state index contributed by atoms with van der Waals surface area (Å²) in [5, 5.41) is 9.50. The third-order valence-electron chi connectivity index (χ3n) is 4.17. The van der Waals surface area contributed by atoms with Gasteiger partial charge in [-0.15, -0.1) is 0 Å². The van der Waals surface area contributed by atoms with Crippen molar-refractivity contribution in [1.29, 1.82) is 0 Å². The Bertz CT molecular complexity index is 625. The summed E-state index contributed by atoms with van der Waals surface area (Å²) in [4.78, 5) is -0.439. The number of nitrogens with two attached hydrogens (primary N) is 1. The lowest BCUT2D eigenvalue weighted by Gasteiger charge is -2.26. The highest BCUT2D eigenvalue weighted by atomic mass is 32.2. The van der Waals surface area contributed by atoms with E-state index in [1.807, 2.05) is 0 Å². The lowest BCUT2D eigenvalue weighted by atomic mass is 9.88. The van der Waals surface area contributed by atoms with E-state index in [0.717, 1.165) is 31.7 Å². The molecule has 21 heavy (non-hydrogen) atoms. The lowest BCUT2D eigenvalue weighted by Crippen LogP contribution is -2.38. The fourth-order valence-electron chi connectivity index (χ4n) is 2.80. The summed E-state index contributed by atoms with van der Waals surface area (Å²) in [7, 11) is -3.99. The molecule has 2 rings (SSSR count). The number of aryl methyl sites for hydroxylation is 1. The van der Waals surface area contributed by atoms with Gasteiger partial charge in [-0.3, -0.25) is 0 Å². The predicted molar refractivity (Wildman–Crippen MR) is 78.7 cm³/mol. The van der Waals surface area contributed by atoms with Gasteiger partial charge in [-0.05, 0) is 37.5 Å². The molecule has 1 aromatic rings. The van der Waals surface area contributed by atoms with Crippen molar-refractivity contribution in [1.82, 2.24) is 4.72 Å². The Morgan fingerprint density at radius 1 is 1.38 bits per heavy atom. The first-order chi connectivity index (χ1) is 9.80. The second-order valence-electron chi connectivity index (χ2n) is 5.84. The maximum absolute atomic E-state index is 14.0. The van der Waals surface area contributed by atoms with Gasteiger partial charge in [0.05, 0.1) is 0 Å². The van der Waals surface area contributed by atoms with E-state index < -0.39 is 26.2 Å². The van der Waals surface area contributed by atoms with Gasteiger partial charge in [-0.1, -0.05) is 12.8 Å². The van der Waals surface area contributed by atoms with Crippen molar-refractivity contribution in [3.8, 4) is 0 Å². The number of anilines is 1. The van der Waals surface area contributed by atoms with Crippen molar-refractivity contribution in [3.63, 3.8) is 0 Å². The molecule has 5 nitrogen and oxygen atoms in total. The summed E-state index contributed by atoms with van der Waals surface area (Å²) in [6.45, 7) is 1.50. The van der Waals surface area contributed by atoms with E-state index in [9.17, 15) is 17.9 Å². The molecule has 1 fully saturated rings. The molecule has 0 spiro atoms. The predicted octanol–water partition coefficient (Wildman–Crippen LogP) is 1.55. The van der Waals surface area contributed by atoms with Gasteiger partial charge in [-0.25, -0.2) is 17.5 Å². The maximum Gasteiger partial charge on any atom is 0.243 e. The molecule has 0 heterocycles. The van der Waals surface area contributed by atoms with E-state index in [0.29, 0.717) is 0 Å². The molecule has 4 N–H and O–H groups in total. The second-order valence-corrected chi connectivity index (χ2v) is 7.58. The van der Waals surface area contributed by atoms with E-state index in [2.05, 4.69) is 4.72 Å². The highest BCUT2D eigenvalue weighted by molar-refractivity contribution is 7.89. The molecule has 1 aliphatic rings. The smallest absolute Gasteiger partial charge is 0.243 e. The van der Waals surface area contributed by atoms with Crippen LogP contribution < -0.4 is 10.5 Å². The first-order valence-corrected chi connectivity index (χ1v) is 8.44. The van der Waals surface area contributed by atoms with Crippen LogP contribution in [0.3, 0.4) is 0 Å². The number of rotatable bonds is 5. The van der Waals surface area contributed by atoms with Crippen LogP contribution in [0.2, 0.25) is 0 Å². The highest BCUT2D eigenvalue weighted by Gasteiger charge is 2.35. The molecule has 118 valence electrons. The lowest BCUT2D eigenvalue weighted by molar-refractivity contribution is 0.134. The van der Waals surface area contributed by atoms with Crippen LogP contribution in [0.1, 0.15) is 31.2 Å². The molecule has 1 aromatic carbocycles. The number of halogens is 1. The average molecular weight is 316 g/mol. The minimum absolute atomic E-state index is 0.0754. The monoisotopic (exact) mass is 316 g/mol. The Labute approximate surface area is 124 Å². The third-order valence-corrected chi connectivity index (χ3v) is 5.57. The number of benzene rings is 1. The zero-order valence-electron chi connectivity index (χ0n) is 12.0. The zero-order valence-corrected chi connectivity index (χ0v) is 12.8. The molecule has 0 aliphatic heterocycles. The number of hydrogen-bond donors (Lipinski definition) is 3. The Hall–Kier alpha value is -1.18. The minimum Gasteiger partial charge on any atom is -0.399 e. The van der Waals surface area contributed by atoms with Crippen LogP contribution >= 0.6 is 0 Å². The van der Waals surface area contributed by atoms with Crippen LogP contribution in [0.4, 0.5) is 10.1 Å². The van der Waals surface area contributed by atoms with E-state index in [1.54, 1.807) is 0 Å². The van der Waals surface area contributed by atoms with E-state index in [-0.39, 0.29) is 24.4 Å². The number of nitrogen functional groups attached to an aromatic ring is 1. The maximum atomic E-state index is 14.0. The molecule has 0 bridgehead atoms. The van der Waals surface area contributed by atoms with Crippen molar-refractivity contribution in [2.75, 3.05) is 18.9 Å². The Morgan fingerprint density at radius 3 is 2.57 bits per heavy atom. The molecule has 0 aromatic heterocycles. The molecule has 0 unspecified atom stereocenters. The van der Waals surface area contributed by atoms with Crippen molar-refractivity contribution in [3.05, 3.63) is 23.5 Å². The SMILES string of the molecule is Cc1cc(N)cc(S(=O)(=O)NCC2(CO)CCCC2)c1F. The number of sulfonamides is 1. The molecular formula is C14H21FN2O3S. The van der Waals surface area contributed by atoms with Gasteiger partial charge in [0.25, 0.3) is 0 Å². The van der Waals surface area contributed by atoms with Crippen LogP contribution in [0, 0.1) is 18.2 Å². The topological polar surface area (TPSA) is 92.4 Å². The fraction of sp³-hybridized carbons (Fsp3) is 0.571. The standard InChI is InChI=1S/C14H21FN2O3S/c1-10-6-11(16)7-12(13(10)15)21(19,20)17-8-14(9-18)4-2-3-5-14/h6-7,17-18H,2-5,8-9,16H2,1H3. The van der Waals surface area contributed by atoms with Crippen LogP contribution in [-0.4, -0.2) is 26.7 Å². The van der Waals surface area contributed by atoms with Crippen LogP contribution in [0.25, 0.3) is 0 Å². The number of hydrogen-bond acceptors (Lipinski definition) is 4. The van der Waals surface area contributed by atoms with Crippen LogP contribution in [-0.2, 0) is 10.0 Å². The molecule has 0 radical (unpaired) electrons. The quantitative estimate of drug-likeness (QED) is 0.719. The zero-order chi connectivity index (χ0) is 15.7. The van der Waals surface area contributed by atoms with Gasteiger partial charge >= 0.3 is 0 Å². The van der Waals surface area contributed by atoms with Crippen LogP contribution in [0.15, 0.2) is 17.0 Å². The fourth-order valence-corrected chi connectivity index (χ4v) is 4.14. The Balaban J connectivity index is 2.23. The Kier molecular flexibility index (Phi) is 4.55. The first-order valence-electron chi connectivity index (χ1n) is 6.96. The third kappa shape index (κ3) is 3.36. The second kappa shape index (κ2) is 5.90. The number of aliphatic hydroxyl groups is 1. The first kappa shape index (κ1) is 16.2. The summed E-state index contributed by atoms with van der Waals surface area (Å²) in [5.41, 5.74) is 5.55. The van der Waals surface area contributed by atoms with Gasteiger partial charge in [-0.2, -0.15) is 0 Å². The summed E-state index contributed by atoms with van der Waals surface area (Å²) >= 11 is 0. The molecule has 7 heteroatoms. The average Bonchev–Trinajstić information content (AvgIpc) is 2.90. The van der Waals surface area contributed by atoms with Crippen molar-refractivity contribution >= 4 is 15.7 Å². The van der Waals surface area contributed by atoms with Crippen molar-refractivity contribution < 1.29 is 17.9 Å². The highest BCUT2D eigenvalue weighted by Crippen LogP contribution is 2.37. The molecular weight excluding hydrogens is 295 g/mol. The van der Waals surface area contributed by atoms with Gasteiger partial charge in [0, 0.05) is 24.3 Å².